The van der Waals surface area contributed by atoms with Gasteiger partial charge in [0.2, 0.25) is 5.01 Å². The largest absolute Gasteiger partial charge is 0.379 e. The lowest BCUT2D eigenvalue weighted by Gasteiger charge is -2.33. The lowest BCUT2D eigenvalue weighted by atomic mass is 9.93. The van der Waals surface area contributed by atoms with Crippen LogP contribution in [-0.2, 0) is 4.74 Å². The Bertz CT molecular complexity index is 493. The number of morpholine rings is 1. The van der Waals surface area contributed by atoms with E-state index in [2.05, 4.69) is 15.1 Å². The van der Waals surface area contributed by atoms with Gasteiger partial charge in [-0.2, -0.15) is 0 Å². The minimum Gasteiger partial charge on any atom is -0.379 e. The van der Waals surface area contributed by atoms with Gasteiger partial charge in [-0.15, -0.1) is 10.2 Å². The number of rotatable bonds is 4. The summed E-state index contributed by atoms with van der Waals surface area (Å²) in [4.78, 5) is 16.8. The van der Waals surface area contributed by atoms with Crippen LogP contribution in [0.2, 0.25) is 0 Å². The molecule has 1 aromatic rings. The Morgan fingerprint density at radius 2 is 1.95 bits per heavy atom. The average Bonchev–Trinajstić information content (AvgIpc) is 3.00. The zero-order valence-corrected chi connectivity index (χ0v) is 14.0. The van der Waals surface area contributed by atoms with Crippen molar-refractivity contribution in [2.45, 2.75) is 26.2 Å². The van der Waals surface area contributed by atoms with Crippen molar-refractivity contribution in [1.29, 1.82) is 0 Å². The molecule has 1 aromatic heterocycles. The van der Waals surface area contributed by atoms with E-state index < -0.39 is 0 Å². The second-order valence-corrected chi connectivity index (χ2v) is 7.29. The van der Waals surface area contributed by atoms with Crippen molar-refractivity contribution < 1.29 is 9.53 Å². The fraction of sp³-hybridized carbons (Fsp3) is 0.800. The molecule has 1 amide bonds. The molecule has 0 bridgehead atoms. The van der Waals surface area contributed by atoms with Crippen LogP contribution in [0.4, 0.5) is 0 Å². The van der Waals surface area contributed by atoms with Crippen LogP contribution in [0.25, 0.3) is 0 Å². The standard InChI is InChI=1S/C15H24N4O2S/c1-12-16-17-14(22-12)15(20)19-6-3-13(4-7-19)2-5-18-8-10-21-11-9-18/h13H,2-11H2,1H3. The first-order valence-corrected chi connectivity index (χ1v) is 8.93. The van der Waals surface area contributed by atoms with Gasteiger partial charge in [0.25, 0.3) is 5.91 Å². The quantitative estimate of drug-likeness (QED) is 0.838. The molecule has 0 atom stereocenters. The number of carbonyl (C=O) groups excluding carboxylic acids is 1. The number of likely N-dealkylation sites (tertiary alicyclic amines) is 1. The summed E-state index contributed by atoms with van der Waals surface area (Å²) in [6.07, 6.45) is 3.45. The highest BCUT2D eigenvalue weighted by Gasteiger charge is 2.26. The number of aryl methyl sites for hydroxylation is 1. The molecule has 3 heterocycles. The Morgan fingerprint density at radius 1 is 1.23 bits per heavy atom. The number of ether oxygens (including phenoxy) is 1. The Labute approximate surface area is 135 Å². The number of aromatic nitrogens is 2. The van der Waals surface area contributed by atoms with Gasteiger partial charge in [0.1, 0.15) is 5.01 Å². The summed E-state index contributed by atoms with van der Waals surface area (Å²) in [5.74, 6) is 0.792. The monoisotopic (exact) mass is 324 g/mol. The number of nitrogens with zero attached hydrogens (tertiary/aromatic N) is 4. The Balaban J connectivity index is 1.41. The minimum atomic E-state index is 0.0530. The van der Waals surface area contributed by atoms with Crippen LogP contribution >= 0.6 is 11.3 Å². The molecule has 0 aliphatic carbocycles. The predicted octanol–water partition coefficient (Wildman–Crippen LogP) is 1.42. The van der Waals surface area contributed by atoms with Gasteiger partial charge in [0.05, 0.1) is 13.2 Å². The van der Waals surface area contributed by atoms with Crippen LogP contribution in [-0.4, -0.2) is 71.8 Å². The van der Waals surface area contributed by atoms with Gasteiger partial charge in [-0.25, -0.2) is 0 Å². The van der Waals surface area contributed by atoms with Gasteiger partial charge in [-0.05, 0) is 38.6 Å². The maximum atomic E-state index is 12.3. The smallest absolute Gasteiger partial charge is 0.284 e. The lowest BCUT2D eigenvalue weighted by Crippen LogP contribution is -2.40. The number of amides is 1. The van der Waals surface area contributed by atoms with Crippen molar-refractivity contribution in [3.05, 3.63) is 10.0 Å². The number of hydrogen-bond donors (Lipinski definition) is 0. The fourth-order valence-corrected chi connectivity index (χ4v) is 3.79. The van der Waals surface area contributed by atoms with Gasteiger partial charge in [-0.1, -0.05) is 11.3 Å². The summed E-state index contributed by atoms with van der Waals surface area (Å²) in [6, 6.07) is 0. The van der Waals surface area contributed by atoms with Crippen LogP contribution in [0.5, 0.6) is 0 Å². The molecule has 6 nitrogen and oxygen atoms in total. The molecule has 0 radical (unpaired) electrons. The fourth-order valence-electron chi connectivity index (χ4n) is 3.13. The van der Waals surface area contributed by atoms with Crippen molar-refractivity contribution in [2.24, 2.45) is 5.92 Å². The Morgan fingerprint density at radius 3 is 2.59 bits per heavy atom. The first kappa shape index (κ1) is 15.8. The van der Waals surface area contributed by atoms with Crippen molar-refractivity contribution in [2.75, 3.05) is 45.9 Å². The molecular weight excluding hydrogens is 300 g/mol. The topological polar surface area (TPSA) is 58.6 Å². The highest BCUT2D eigenvalue weighted by molar-refractivity contribution is 7.13. The van der Waals surface area contributed by atoms with Crippen LogP contribution in [0.1, 0.15) is 34.1 Å². The molecular formula is C15H24N4O2S. The predicted molar refractivity (Wildman–Crippen MR) is 85.1 cm³/mol. The summed E-state index contributed by atoms with van der Waals surface area (Å²) >= 11 is 1.39. The molecule has 2 aliphatic heterocycles. The molecule has 2 fully saturated rings. The zero-order valence-electron chi connectivity index (χ0n) is 13.2. The molecule has 0 aromatic carbocycles. The normalized spacial score (nSPS) is 21.2. The SMILES string of the molecule is Cc1nnc(C(=O)N2CCC(CCN3CCOCC3)CC2)s1. The summed E-state index contributed by atoms with van der Waals surface area (Å²) in [7, 11) is 0. The summed E-state index contributed by atoms with van der Waals surface area (Å²) in [5, 5.41) is 9.28. The van der Waals surface area contributed by atoms with E-state index in [1.54, 1.807) is 0 Å². The minimum absolute atomic E-state index is 0.0530. The summed E-state index contributed by atoms with van der Waals surface area (Å²) in [5.41, 5.74) is 0. The highest BCUT2D eigenvalue weighted by Crippen LogP contribution is 2.23. The van der Waals surface area contributed by atoms with Gasteiger partial charge >= 0.3 is 0 Å². The molecule has 7 heteroatoms. The van der Waals surface area contributed by atoms with E-state index >= 15 is 0 Å². The van der Waals surface area contributed by atoms with Crippen molar-refractivity contribution >= 4 is 17.2 Å². The molecule has 0 spiro atoms. The van der Waals surface area contributed by atoms with E-state index in [9.17, 15) is 4.79 Å². The molecule has 122 valence electrons. The van der Waals surface area contributed by atoms with E-state index in [1.165, 1.54) is 17.8 Å². The maximum Gasteiger partial charge on any atom is 0.284 e. The molecule has 0 saturated carbocycles. The van der Waals surface area contributed by atoms with Crippen LogP contribution in [0, 0.1) is 12.8 Å². The molecule has 0 unspecified atom stereocenters. The van der Waals surface area contributed by atoms with E-state index in [0.717, 1.165) is 69.7 Å². The van der Waals surface area contributed by atoms with Gasteiger partial charge in [-0.3, -0.25) is 9.69 Å². The van der Waals surface area contributed by atoms with E-state index in [1.807, 2.05) is 11.8 Å². The molecule has 0 N–H and O–H groups in total. The van der Waals surface area contributed by atoms with E-state index in [4.69, 9.17) is 4.74 Å². The van der Waals surface area contributed by atoms with Gasteiger partial charge in [0, 0.05) is 26.2 Å². The first-order valence-electron chi connectivity index (χ1n) is 8.12. The first-order chi connectivity index (χ1) is 10.7. The zero-order chi connectivity index (χ0) is 15.4. The number of hydrogen-bond acceptors (Lipinski definition) is 6. The average molecular weight is 324 g/mol. The van der Waals surface area contributed by atoms with Crippen LogP contribution in [0.3, 0.4) is 0 Å². The molecule has 3 rings (SSSR count). The summed E-state index contributed by atoms with van der Waals surface area (Å²) in [6.45, 7) is 8.62. The van der Waals surface area contributed by atoms with Crippen molar-refractivity contribution in [3.8, 4) is 0 Å². The molecule has 2 aliphatic rings. The molecule has 22 heavy (non-hydrogen) atoms. The second kappa shape index (κ2) is 7.48. The van der Waals surface area contributed by atoms with Gasteiger partial charge in [0.15, 0.2) is 0 Å². The molecule has 2 saturated heterocycles. The van der Waals surface area contributed by atoms with E-state index in [0.29, 0.717) is 5.01 Å². The lowest BCUT2D eigenvalue weighted by molar-refractivity contribution is 0.0332. The third-order valence-electron chi connectivity index (χ3n) is 4.57. The third kappa shape index (κ3) is 4.02. The van der Waals surface area contributed by atoms with Crippen LogP contribution < -0.4 is 0 Å². The number of carbonyl (C=O) groups is 1. The third-order valence-corrected chi connectivity index (χ3v) is 5.39. The van der Waals surface area contributed by atoms with Gasteiger partial charge < -0.3 is 9.64 Å². The second-order valence-electron chi connectivity index (χ2n) is 6.10. The van der Waals surface area contributed by atoms with Crippen molar-refractivity contribution in [3.63, 3.8) is 0 Å². The van der Waals surface area contributed by atoms with E-state index in [-0.39, 0.29) is 5.91 Å². The van der Waals surface area contributed by atoms with Crippen molar-refractivity contribution in [1.82, 2.24) is 20.0 Å². The maximum absolute atomic E-state index is 12.3. The summed E-state index contributed by atoms with van der Waals surface area (Å²) < 4.78 is 5.38. The van der Waals surface area contributed by atoms with Crippen LogP contribution in [0.15, 0.2) is 0 Å². The Kier molecular flexibility index (Phi) is 5.38. The highest BCUT2D eigenvalue weighted by atomic mass is 32.1. The number of piperidine rings is 1. The Hall–Kier alpha value is -1.05.